The Balaban J connectivity index is 2.02. The van der Waals surface area contributed by atoms with Crippen molar-refractivity contribution in [2.24, 2.45) is 0 Å². The SMILES string of the molecule is CCOC(=O)C1=C(CN2CCOCC2)N(C)C(=O)N[C@@H]1c1ccccc1. The second-order valence-corrected chi connectivity index (χ2v) is 6.32. The summed E-state index contributed by atoms with van der Waals surface area (Å²) in [5, 5.41) is 2.92. The minimum atomic E-state index is -0.519. The zero-order chi connectivity index (χ0) is 18.5. The first-order valence-corrected chi connectivity index (χ1v) is 8.91. The van der Waals surface area contributed by atoms with Crippen molar-refractivity contribution in [2.45, 2.75) is 13.0 Å². The zero-order valence-corrected chi connectivity index (χ0v) is 15.2. The van der Waals surface area contributed by atoms with Crippen molar-refractivity contribution < 1.29 is 19.1 Å². The fourth-order valence-corrected chi connectivity index (χ4v) is 3.26. The fraction of sp³-hybridized carbons (Fsp3) is 0.474. The number of carbonyl (C=O) groups excluding carboxylic acids is 2. The van der Waals surface area contributed by atoms with Gasteiger partial charge < -0.3 is 14.8 Å². The van der Waals surface area contributed by atoms with Gasteiger partial charge in [0.15, 0.2) is 0 Å². The van der Waals surface area contributed by atoms with E-state index in [1.54, 1.807) is 14.0 Å². The molecule has 1 saturated heterocycles. The Bertz CT molecular complexity index is 683. The molecule has 0 spiro atoms. The quantitative estimate of drug-likeness (QED) is 0.808. The largest absolute Gasteiger partial charge is 0.463 e. The lowest BCUT2D eigenvalue weighted by molar-refractivity contribution is -0.139. The summed E-state index contributed by atoms with van der Waals surface area (Å²) >= 11 is 0. The van der Waals surface area contributed by atoms with Gasteiger partial charge in [-0.25, -0.2) is 9.59 Å². The number of nitrogens with zero attached hydrogens (tertiary/aromatic N) is 2. The number of hydrogen-bond acceptors (Lipinski definition) is 5. The second-order valence-electron chi connectivity index (χ2n) is 6.32. The summed E-state index contributed by atoms with van der Waals surface area (Å²) in [7, 11) is 1.69. The Morgan fingerprint density at radius 3 is 2.62 bits per heavy atom. The van der Waals surface area contributed by atoms with Crippen molar-refractivity contribution in [2.75, 3.05) is 46.5 Å². The van der Waals surface area contributed by atoms with Crippen molar-refractivity contribution >= 4 is 12.0 Å². The van der Waals surface area contributed by atoms with Crippen LogP contribution in [0.2, 0.25) is 0 Å². The van der Waals surface area contributed by atoms with Gasteiger partial charge >= 0.3 is 12.0 Å². The highest BCUT2D eigenvalue weighted by Gasteiger charge is 2.37. The maximum absolute atomic E-state index is 12.8. The summed E-state index contributed by atoms with van der Waals surface area (Å²) in [6, 6.07) is 8.76. The molecule has 0 unspecified atom stereocenters. The van der Waals surface area contributed by atoms with Crippen LogP contribution in [-0.4, -0.2) is 68.3 Å². The van der Waals surface area contributed by atoms with Crippen LogP contribution in [0.25, 0.3) is 0 Å². The van der Waals surface area contributed by atoms with Gasteiger partial charge in [-0.2, -0.15) is 0 Å². The van der Waals surface area contributed by atoms with Crippen LogP contribution in [0.15, 0.2) is 41.6 Å². The van der Waals surface area contributed by atoms with E-state index >= 15 is 0 Å². The lowest BCUT2D eigenvalue weighted by Crippen LogP contribution is -2.50. The standard InChI is InChI=1S/C19H25N3O4/c1-3-26-18(23)16-15(13-22-9-11-25-12-10-22)21(2)19(24)20-17(16)14-7-5-4-6-8-14/h4-8,17H,3,9-13H2,1-2H3,(H,20,24)/t17-/m1/s1. The molecular weight excluding hydrogens is 334 g/mol. The van der Waals surface area contributed by atoms with Crippen LogP contribution in [0.3, 0.4) is 0 Å². The van der Waals surface area contributed by atoms with E-state index in [2.05, 4.69) is 10.2 Å². The van der Waals surface area contributed by atoms with E-state index in [1.807, 2.05) is 30.3 Å². The van der Waals surface area contributed by atoms with Gasteiger partial charge in [0, 0.05) is 32.4 Å². The number of amides is 2. The molecular formula is C19H25N3O4. The Morgan fingerprint density at radius 1 is 1.27 bits per heavy atom. The van der Waals surface area contributed by atoms with Crippen LogP contribution in [0.5, 0.6) is 0 Å². The Kier molecular flexibility index (Phi) is 5.90. The molecule has 0 bridgehead atoms. The number of morpholine rings is 1. The van der Waals surface area contributed by atoms with Crippen molar-refractivity contribution in [1.82, 2.24) is 15.1 Å². The highest BCUT2D eigenvalue weighted by molar-refractivity contribution is 5.95. The normalized spacial score (nSPS) is 21.5. The van der Waals surface area contributed by atoms with Crippen LogP contribution in [0, 0.1) is 0 Å². The number of esters is 1. The van der Waals surface area contributed by atoms with Crippen LogP contribution in [0.4, 0.5) is 4.79 Å². The molecule has 2 aliphatic rings. The first-order valence-electron chi connectivity index (χ1n) is 8.91. The number of hydrogen-bond donors (Lipinski definition) is 1. The number of likely N-dealkylation sites (N-methyl/N-ethyl adjacent to an activating group) is 1. The molecule has 2 amide bonds. The Morgan fingerprint density at radius 2 is 1.96 bits per heavy atom. The molecule has 1 aromatic rings. The number of benzene rings is 1. The number of ether oxygens (including phenoxy) is 2. The van der Waals surface area contributed by atoms with Crippen molar-refractivity contribution in [3.63, 3.8) is 0 Å². The highest BCUT2D eigenvalue weighted by atomic mass is 16.5. The van der Waals surface area contributed by atoms with E-state index in [0.29, 0.717) is 31.0 Å². The Labute approximate surface area is 153 Å². The van der Waals surface area contributed by atoms with Gasteiger partial charge in [-0.3, -0.25) is 9.80 Å². The third-order valence-electron chi connectivity index (χ3n) is 4.68. The summed E-state index contributed by atoms with van der Waals surface area (Å²) in [6.07, 6.45) is 0. The smallest absolute Gasteiger partial charge is 0.338 e. The molecule has 1 N–H and O–H groups in total. The molecule has 26 heavy (non-hydrogen) atoms. The summed E-state index contributed by atoms with van der Waals surface area (Å²) < 4.78 is 10.7. The molecule has 1 fully saturated rings. The van der Waals surface area contributed by atoms with E-state index in [-0.39, 0.29) is 12.6 Å². The van der Waals surface area contributed by atoms with Crippen LogP contribution < -0.4 is 5.32 Å². The molecule has 0 saturated carbocycles. The molecule has 1 atom stereocenters. The summed E-state index contributed by atoms with van der Waals surface area (Å²) in [5.41, 5.74) is 2.03. The first kappa shape index (κ1) is 18.4. The van der Waals surface area contributed by atoms with Crippen molar-refractivity contribution in [1.29, 1.82) is 0 Å². The average Bonchev–Trinajstić information content (AvgIpc) is 2.67. The number of nitrogens with one attached hydrogen (secondary N) is 1. The average molecular weight is 359 g/mol. The molecule has 0 aromatic heterocycles. The van der Waals surface area contributed by atoms with Gasteiger partial charge in [-0.05, 0) is 12.5 Å². The predicted molar refractivity (Wildman–Crippen MR) is 96.4 cm³/mol. The maximum atomic E-state index is 12.8. The molecule has 140 valence electrons. The third kappa shape index (κ3) is 3.89. The van der Waals surface area contributed by atoms with Gasteiger partial charge in [0.05, 0.1) is 31.4 Å². The predicted octanol–water partition coefficient (Wildman–Crippen LogP) is 1.53. The molecule has 0 aliphatic carbocycles. The molecule has 7 heteroatoms. The van der Waals surface area contributed by atoms with Crippen LogP contribution >= 0.6 is 0 Å². The van der Waals surface area contributed by atoms with Gasteiger partial charge in [0.1, 0.15) is 0 Å². The van der Waals surface area contributed by atoms with Crippen LogP contribution in [-0.2, 0) is 14.3 Å². The first-order chi connectivity index (χ1) is 12.6. The Hall–Kier alpha value is -2.38. The molecule has 7 nitrogen and oxygen atoms in total. The van der Waals surface area contributed by atoms with Crippen molar-refractivity contribution in [3.8, 4) is 0 Å². The van der Waals surface area contributed by atoms with Gasteiger partial charge in [0.25, 0.3) is 0 Å². The summed E-state index contributed by atoms with van der Waals surface area (Å²) in [5.74, 6) is -0.392. The minimum Gasteiger partial charge on any atom is -0.463 e. The topological polar surface area (TPSA) is 71.1 Å². The summed E-state index contributed by atoms with van der Waals surface area (Å²) in [6.45, 7) is 5.41. The fourth-order valence-electron chi connectivity index (χ4n) is 3.26. The second kappa shape index (κ2) is 8.33. The van der Waals surface area contributed by atoms with Crippen LogP contribution in [0.1, 0.15) is 18.5 Å². The maximum Gasteiger partial charge on any atom is 0.338 e. The summed E-state index contributed by atoms with van der Waals surface area (Å²) in [4.78, 5) is 29.0. The minimum absolute atomic E-state index is 0.227. The number of urea groups is 1. The molecule has 1 aromatic carbocycles. The van der Waals surface area contributed by atoms with E-state index in [0.717, 1.165) is 18.7 Å². The number of rotatable bonds is 5. The lowest BCUT2D eigenvalue weighted by atomic mass is 9.94. The monoisotopic (exact) mass is 359 g/mol. The molecule has 2 aliphatic heterocycles. The van der Waals surface area contributed by atoms with Gasteiger partial charge in [0.2, 0.25) is 0 Å². The van der Waals surface area contributed by atoms with Gasteiger partial charge in [-0.1, -0.05) is 30.3 Å². The zero-order valence-electron chi connectivity index (χ0n) is 15.2. The highest BCUT2D eigenvalue weighted by Crippen LogP contribution is 2.31. The third-order valence-corrected chi connectivity index (χ3v) is 4.68. The lowest BCUT2D eigenvalue weighted by Gasteiger charge is -2.37. The molecule has 3 rings (SSSR count). The van der Waals surface area contributed by atoms with E-state index in [4.69, 9.17) is 9.47 Å². The van der Waals surface area contributed by atoms with E-state index < -0.39 is 12.0 Å². The van der Waals surface area contributed by atoms with Gasteiger partial charge in [-0.15, -0.1) is 0 Å². The molecule has 0 radical (unpaired) electrons. The number of carbonyl (C=O) groups is 2. The van der Waals surface area contributed by atoms with Crippen molar-refractivity contribution in [3.05, 3.63) is 47.2 Å². The van der Waals surface area contributed by atoms with E-state index in [1.165, 1.54) is 4.90 Å². The van der Waals surface area contributed by atoms with E-state index in [9.17, 15) is 9.59 Å². The molecule has 2 heterocycles.